The predicted octanol–water partition coefficient (Wildman–Crippen LogP) is 3.33. The van der Waals surface area contributed by atoms with E-state index < -0.39 is 0 Å². The molecular weight excluding hydrogens is 310 g/mol. The van der Waals surface area contributed by atoms with Crippen LogP contribution in [0.2, 0.25) is 0 Å². The van der Waals surface area contributed by atoms with E-state index in [0.717, 1.165) is 30.6 Å². The van der Waals surface area contributed by atoms with Crippen LogP contribution in [-0.2, 0) is 6.54 Å². The topological polar surface area (TPSA) is 63.2 Å². The summed E-state index contributed by atoms with van der Waals surface area (Å²) >= 11 is 1.65. The van der Waals surface area contributed by atoms with Crippen molar-refractivity contribution in [3.8, 4) is 5.88 Å². The highest BCUT2D eigenvalue weighted by molar-refractivity contribution is 7.09. The molecule has 1 fully saturated rings. The zero-order valence-corrected chi connectivity index (χ0v) is 13.7. The number of ether oxygens (including phenoxy) is 1. The summed E-state index contributed by atoms with van der Waals surface area (Å²) in [5.74, 6) is 0.678. The van der Waals surface area contributed by atoms with Gasteiger partial charge in [0.2, 0.25) is 5.88 Å². The SMILES string of the molecule is O=C(NCc1cccs1)NC1CCC(Oc2ccccn2)CC1. The fraction of sp³-hybridized carbons (Fsp3) is 0.412. The smallest absolute Gasteiger partial charge is 0.315 e. The van der Waals surface area contributed by atoms with E-state index in [4.69, 9.17) is 4.74 Å². The van der Waals surface area contributed by atoms with Crippen molar-refractivity contribution < 1.29 is 9.53 Å². The summed E-state index contributed by atoms with van der Waals surface area (Å²) in [6.07, 6.45) is 5.67. The van der Waals surface area contributed by atoms with Crippen molar-refractivity contribution in [2.75, 3.05) is 0 Å². The van der Waals surface area contributed by atoms with Crippen LogP contribution in [0.4, 0.5) is 4.79 Å². The fourth-order valence-corrected chi connectivity index (χ4v) is 3.37. The molecule has 0 aliphatic heterocycles. The number of hydrogen-bond acceptors (Lipinski definition) is 4. The lowest BCUT2D eigenvalue weighted by Crippen LogP contribution is -2.44. The lowest BCUT2D eigenvalue weighted by molar-refractivity contribution is 0.135. The van der Waals surface area contributed by atoms with Crippen LogP contribution in [-0.4, -0.2) is 23.2 Å². The Kier molecular flexibility index (Phi) is 5.47. The molecule has 2 aromatic rings. The average Bonchev–Trinajstić information content (AvgIpc) is 3.09. The standard InChI is InChI=1S/C17H21N3O2S/c21-17(19-12-15-4-3-11-23-15)20-13-6-8-14(9-7-13)22-16-5-1-2-10-18-16/h1-5,10-11,13-14H,6-9,12H2,(H2,19,20,21). The van der Waals surface area contributed by atoms with Gasteiger partial charge in [-0.1, -0.05) is 12.1 Å². The molecule has 6 heteroatoms. The summed E-state index contributed by atoms with van der Waals surface area (Å²) in [6, 6.07) is 9.82. The molecular formula is C17H21N3O2S. The second-order valence-corrected chi connectivity index (χ2v) is 6.70. The Morgan fingerprint density at radius 2 is 2.09 bits per heavy atom. The van der Waals surface area contributed by atoms with Crippen LogP contribution in [0.25, 0.3) is 0 Å². The molecule has 5 nitrogen and oxygen atoms in total. The number of carbonyl (C=O) groups excluding carboxylic acids is 1. The third-order valence-electron chi connectivity index (χ3n) is 3.94. The first-order valence-electron chi connectivity index (χ1n) is 7.94. The van der Waals surface area contributed by atoms with Crippen molar-refractivity contribution in [3.05, 3.63) is 46.8 Å². The zero-order valence-electron chi connectivity index (χ0n) is 12.9. The lowest BCUT2D eigenvalue weighted by Gasteiger charge is -2.29. The van der Waals surface area contributed by atoms with Crippen molar-refractivity contribution in [2.24, 2.45) is 0 Å². The molecule has 0 unspecified atom stereocenters. The van der Waals surface area contributed by atoms with Gasteiger partial charge in [-0.2, -0.15) is 0 Å². The molecule has 0 radical (unpaired) electrons. The van der Waals surface area contributed by atoms with E-state index in [-0.39, 0.29) is 18.2 Å². The van der Waals surface area contributed by atoms with Gasteiger partial charge >= 0.3 is 6.03 Å². The number of nitrogens with one attached hydrogen (secondary N) is 2. The second kappa shape index (κ2) is 7.97. The molecule has 122 valence electrons. The molecule has 2 heterocycles. The molecule has 3 rings (SSSR count). The number of aromatic nitrogens is 1. The van der Waals surface area contributed by atoms with Crippen molar-refractivity contribution in [1.82, 2.24) is 15.6 Å². The maximum Gasteiger partial charge on any atom is 0.315 e. The molecule has 2 amide bonds. The third-order valence-corrected chi connectivity index (χ3v) is 4.81. The van der Waals surface area contributed by atoms with E-state index in [2.05, 4.69) is 15.6 Å². The first-order valence-corrected chi connectivity index (χ1v) is 8.82. The van der Waals surface area contributed by atoms with Crippen LogP contribution >= 0.6 is 11.3 Å². The van der Waals surface area contributed by atoms with E-state index in [1.54, 1.807) is 17.5 Å². The minimum absolute atomic E-state index is 0.0903. The average molecular weight is 331 g/mol. The monoisotopic (exact) mass is 331 g/mol. The predicted molar refractivity (Wildman–Crippen MR) is 90.6 cm³/mol. The van der Waals surface area contributed by atoms with Gasteiger partial charge < -0.3 is 15.4 Å². The van der Waals surface area contributed by atoms with Crippen LogP contribution < -0.4 is 15.4 Å². The molecule has 2 aromatic heterocycles. The largest absolute Gasteiger partial charge is 0.474 e. The number of urea groups is 1. The van der Waals surface area contributed by atoms with Gasteiger partial charge in [0.25, 0.3) is 0 Å². The molecule has 1 saturated carbocycles. The van der Waals surface area contributed by atoms with Gasteiger partial charge in [-0.15, -0.1) is 11.3 Å². The van der Waals surface area contributed by atoms with E-state index in [0.29, 0.717) is 12.4 Å². The highest BCUT2D eigenvalue weighted by atomic mass is 32.1. The van der Waals surface area contributed by atoms with Crippen LogP contribution in [0.1, 0.15) is 30.6 Å². The number of hydrogen-bond donors (Lipinski definition) is 2. The number of nitrogens with zero attached hydrogens (tertiary/aromatic N) is 1. The normalized spacial score (nSPS) is 20.7. The third kappa shape index (κ3) is 4.96. The highest BCUT2D eigenvalue weighted by Crippen LogP contribution is 2.22. The van der Waals surface area contributed by atoms with Gasteiger partial charge in [0.15, 0.2) is 0 Å². The molecule has 2 N–H and O–H groups in total. The quantitative estimate of drug-likeness (QED) is 0.883. The number of rotatable bonds is 5. The summed E-state index contributed by atoms with van der Waals surface area (Å²) in [5.41, 5.74) is 0. The Labute approximate surface area is 140 Å². The first-order chi connectivity index (χ1) is 11.3. The maximum atomic E-state index is 11.9. The lowest BCUT2D eigenvalue weighted by atomic mass is 9.93. The summed E-state index contributed by atoms with van der Waals surface area (Å²) in [4.78, 5) is 17.3. The summed E-state index contributed by atoms with van der Waals surface area (Å²) in [5, 5.41) is 7.96. The van der Waals surface area contributed by atoms with Crippen molar-refractivity contribution in [1.29, 1.82) is 0 Å². The van der Waals surface area contributed by atoms with Gasteiger partial charge in [0.1, 0.15) is 6.10 Å². The second-order valence-electron chi connectivity index (χ2n) is 5.67. The Balaban J connectivity index is 1.36. The molecule has 0 bridgehead atoms. The van der Waals surface area contributed by atoms with Crippen LogP contribution in [0.3, 0.4) is 0 Å². The molecule has 1 aliphatic rings. The van der Waals surface area contributed by atoms with Crippen molar-refractivity contribution in [2.45, 2.75) is 44.4 Å². The van der Waals surface area contributed by atoms with Crippen molar-refractivity contribution >= 4 is 17.4 Å². The Bertz CT molecular complexity index is 596. The minimum Gasteiger partial charge on any atom is -0.474 e. The molecule has 0 aromatic carbocycles. The fourth-order valence-electron chi connectivity index (χ4n) is 2.73. The zero-order chi connectivity index (χ0) is 15.9. The van der Waals surface area contributed by atoms with Gasteiger partial charge in [0, 0.05) is 23.2 Å². The summed E-state index contributed by atoms with van der Waals surface area (Å²) in [7, 11) is 0. The Morgan fingerprint density at radius 3 is 2.78 bits per heavy atom. The molecule has 0 saturated heterocycles. The number of pyridine rings is 1. The highest BCUT2D eigenvalue weighted by Gasteiger charge is 2.23. The van der Waals surface area contributed by atoms with Crippen LogP contribution in [0.15, 0.2) is 41.9 Å². The van der Waals surface area contributed by atoms with Gasteiger partial charge in [0.05, 0.1) is 6.54 Å². The number of amides is 2. The van der Waals surface area contributed by atoms with Gasteiger partial charge in [-0.25, -0.2) is 9.78 Å². The number of carbonyl (C=O) groups is 1. The Morgan fingerprint density at radius 1 is 1.22 bits per heavy atom. The van der Waals surface area contributed by atoms with Gasteiger partial charge in [-0.3, -0.25) is 0 Å². The summed E-state index contributed by atoms with van der Waals surface area (Å²) < 4.78 is 5.87. The Hall–Kier alpha value is -2.08. The van der Waals surface area contributed by atoms with Crippen LogP contribution in [0.5, 0.6) is 5.88 Å². The molecule has 23 heavy (non-hydrogen) atoms. The first kappa shape index (κ1) is 15.8. The maximum absolute atomic E-state index is 11.9. The number of thiophene rings is 1. The van der Waals surface area contributed by atoms with E-state index in [9.17, 15) is 4.79 Å². The van der Waals surface area contributed by atoms with Crippen molar-refractivity contribution in [3.63, 3.8) is 0 Å². The summed E-state index contributed by atoms with van der Waals surface area (Å²) in [6.45, 7) is 0.585. The van der Waals surface area contributed by atoms with Crippen LogP contribution in [0, 0.1) is 0 Å². The van der Waals surface area contributed by atoms with E-state index >= 15 is 0 Å². The molecule has 0 atom stereocenters. The minimum atomic E-state index is -0.0903. The van der Waals surface area contributed by atoms with Gasteiger partial charge in [-0.05, 0) is 43.2 Å². The molecule has 1 aliphatic carbocycles. The van der Waals surface area contributed by atoms with E-state index in [1.165, 1.54) is 0 Å². The molecule has 0 spiro atoms. The van der Waals surface area contributed by atoms with E-state index in [1.807, 2.05) is 35.7 Å².